The van der Waals surface area contributed by atoms with Crippen LogP contribution in [-0.2, 0) is 0 Å². The van der Waals surface area contributed by atoms with Gasteiger partial charge in [0.2, 0.25) is 0 Å². The number of thioether (sulfide) groups is 1. The van der Waals surface area contributed by atoms with Crippen LogP contribution in [0.5, 0.6) is 5.75 Å². The molecule has 0 aliphatic carbocycles. The van der Waals surface area contributed by atoms with Crippen LogP contribution in [0.3, 0.4) is 0 Å². The van der Waals surface area contributed by atoms with E-state index in [1.54, 1.807) is 29.3 Å². The first-order valence-electron chi connectivity index (χ1n) is 6.49. The van der Waals surface area contributed by atoms with Crippen LogP contribution in [0.1, 0.15) is 13.8 Å². The molecule has 0 aliphatic heterocycles. The number of pyridine rings is 1. The van der Waals surface area contributed by atoms with E-state index in [0.29, 0.717) is 16.5 Å². The number of aromatic nitrogens is 1. The van der Waals surface area contributed by atoms with E-state index in [0.717, 1.165) is 15.1 Å². The molecule has 0 saturated carbocycles. The van der Waals surface area contributed by atoms with E-state index in [1.165, 1.54) is 4.90 Å². The average Bonchev–Trinajstić information content (AvgIpc) is 2.78. The summed E-state index contributed by atoms with van der Waals surface area (Å²) >= 11 is 3.42. The second-order valence-electron chi connectivity index (χ2n) is 4.80. The van der Waals surface area contributed by atoms with Crippen LogP contribution in [-0.4, -0.2) is 15.3 Å². The van der Waals surface area contributed by atoms with Crippen molar-refractivity contribution in [3.05, 3.63) is 42.6 Å². The molecule has 2 nitrogen and oxygen atoms in total. The van der Waals surface area contributed by atoms with E-state index in [2.05, 4.69) is 18.8 Å². The lowest BCUT2D eigenvalue weighted by atomic mass is 10.2. The van der Waals surface area contributed by atoms with E-state index in [1.807, 2.05) is 36.4 Å². The van der Waals surface area contributed by atoms with E-state index >= 15 is 0 Å². The molecule has 0 radical (unpaired) electrons. The van der Waals surface area contributed by atoms with Crippen molar-refractivity contribution in [2.45, 2.75) is 24.0 Å². The minimum Gasteiger partial charge on any atom is -0.504 e. The van der Waals surface area contributed by atoms with Gasteiger partial charge < -0.3 is 5.11 Å². The lowest BCUT2D eigenvalue weighted by Gasteiger charge is -2.04. The highest BCUT2D eigenvalue weighted by molar-refractivity contribution is 8.00. The van der Waals surface area contributed by atoms with Gasteiger partial charge in [-0.15, -0.1) is 23.1 Å². The van der Waals surface area contributed by atoms with E-state index in [-0.39, 0.29) is 0 Å². The van der Waals surface area contributed by atoms with Crippen LogP contribution >= 0.6 is 23.1 Å². The molecule has 0 bridgehead atoms. The molecule has 20 heavy (non-hydrogen) atoms. The van der Waals surface area contributed by atoms with E-state index in [4.69, 9.17) is 0 Å². The molecule has 0 saturated heterocycles. The number of nitrogens with zero attached hydrogens (tertiary/aromatic N) is 1. The third kappa shape index (κ3) is 2.41. The summed E-state index contributed by atoms with van der Waals surface area (Å²) in [6.45, 7) is 4.34. The van der Waals surface area contributed by atoms with Crippen molar-refractivity contribution in [3.8, 4) is 16.2 Å². The van der Waals surface area contributed by atoms with Crippen molar-refractivity contribution in [2.75, 3.05) is 0 Å². The Kier molecular flexibility index (Phi) is 3.68. The second-order valence-corrected chi connectivity index (χ2v) is 7.44. The zero-order valence-electron chi connectivity index (χ0n) is 11.3. The van der Waals surface area contributed by atoms with Gasteiger partial charge in [-0.05, 0) is 11.6 Å². The normalized spacial score (nSPS) is 11.3. The fraction of sp³-hybridized carbons (Fsp3) is 0.188. The molecule has 4 heteroatoms. The Balaban J connectivity index is 2.19. The molecule has 0 aliphatic rings. The summed E-state index contributed by atoms with van der Waals surface area (Å²) in [5.74, 6) is 0.294. The molecule has 102 valence electrons. The van der Waals surface area contributed by atoms with Gasteiger partial charge in [0.05, 0.1) is 9.58 Å². The van der Waals surface area contributed by atoms with Crippen molar-refractivity contribution >= 4 is 33.3 Å². The predicted molar refractivity (Wildman–Crippen MR) is 87.7 cm³/mol. The summed E-state index contributed by atoms with van der Waals surface area (Å²) in [6.07, 6.45) is 1.77. The highest BCUT2D eigenvalue weighted by atomic mass is 32.2. The third-order valence-corrected chi connectivity index (χ3v) is 5.36. The molecule has 3 aromatic rings. The summed E-state index contributed by atoms with van der Waals surface area (Å²) in [5.41, 5.74) is 1.74. The van der Waals surface area contributed by atoms with Crippen LogP contribution < -0.4 is 0 Å². The summed E-state index contributed by atoms with van der Waals surface area (Å²) < 4.78 is 1.07. The van der Waals surface area contributed by atoms with Gasteiger partial charge in [-0.3, -0.25) is 4.98 Å². The highest BCUT2D eigenvalue weighted by Gasteiger charge is 2.17. The number of thiophene rings is 1. The maximum absolute atomic E-state index is 10.4. The largest absolute Gasteiger partial charge is 0.504 e. The summed E-state index contributed by atoms with van der Waals surface area (Å²) in [7, 11) is 0. The van der Waals surface area contributed by atoms with Crippen LogP contribution in [0.25, 0.3) is 20.7 Å². The monoisotopic (exact) mass is 301 g/mol. The second kappa shape index (κ2) is 5.46. The van der Waals surface area contributed by atoms with Gasteiger partial charge >= 0.3 is 0 Å². The zero-order valence-corrected chi connectivity index (χ0v) is 13.0. The van der Waals surface area contributed by atoms with Gasteiger partial charge in [0.15, 0.2) is 5.75 Å². The summed E-state index contributed by atoms with van der Waals surface area (Å²) in [5, 5.41) is 10.9. The summed E-state index contributed by atoms with van der Waals surface area (Å²) in [6, 6.07) is 12.0. The lowest BCUT2D eigenvalue weighted by Crippen LogP contribution is -1.86. The SMILES string of the molecule is CC(C)Sc1ccnc2c(O)c(-c3ccccc3)sc12. The van der Waals surface area contributed by atoms with Gasteiger partial charge in [-0.2, -0.15) is 0 Å². The van der Waals surface area contributed by atoms with Crippen molar-refractivity contribution in [3.63, 3.8) is 0 Å². The smallest absolute Gasteiger partial charge is 0.160 e. The molecule has 1 N–H and O–H groups in total. The zero-order chi connectivity index (χ0) is 14.1. The number of rotatable bonds is 3. The molecule has 0 atom stereocenters. The fourth-order valence-electron chi connectivity index (χ4n) is 2.09. The third-order valence-electron chi connectivity index (χ3n) is 2.91. The maximum atomic E-state index is 10.4. The first-order valence-corrected chi connectivity index (χ1v) is 8.19. The van der Waals surface area contributed by atoms with Gasteiger partial charge in [-0.25, -0.2) is 0 Å². The molecule has 0 unspecified atom stereocenters. The average molecular weight is 301 g/mol. The van der Waals surface area contributed by atoms with E-state index in [9.17, 15) is 5.11 Å². The topological polar surface area (TPSA) is 33.1 Å². The Bertz CT molecular complexity index is 735. The quantitative estimate of drug-likeness (QED) is 0.677. The Morgan fingerprint density at radius 2 is 1.90 bits per heavy atom. The van der Waals surface area contributed by atoms with Crippen molar-refractivity contribution in [1.29, 1.82) is 0 Å². The first-order chi connectivity index (χ1) is 9.66. The molecule has 0 amide bonds. The molecule has 2 aromatic heterocycles. The van der Waals surface area contributed by atoms with Crippen LogP contribution in [0, 0.1) is 0 Å². The van der Waals surface area contributed by atoms with Gasteiger partial charge in [0.25, 0.3) is 0 Å². The van der Waals surface area contributed by atoms with Crippen molar-refractivity contribution < 1.29 is 5.11 Å². The number of fused-ring (bicyclic) bond motifs is 1. The van der Waals surface area contributed by atoms with Gasteiger partial charge in [0.1, 0.15) is 5.52 Å². The number of benzene rings is 1. The molecule has 1 aromatic carbocycles. The van der Waals surface area contributed by atoms with Crippen LogP contribution in [0.2, 0.25) is 0 Å². The number of hydrogen-bond donors (Lipinski definition) is 1. The molecule has 0 fully saturated rings. The minimum absolute atomic E-state index is 0.294. The fourth-order valence-corrected chi connectivity index (χ4v) is 4.27. The van der Waals surface area contributed by atoms with Crippen molar-refractivity contribution in [1.82, 2.24) is 4.98 Å². The standard InChI is InChI=1S/C16H15NOS2/c1-10(2)19-12-8-9-17-13-14(18)15(20-16(12)13)11-6-4-3-5-7-11/h3-10,18H,1-2H3. The van der Waals surface area contributed by atoms with E-state index < -0.39 is 0 Å². The molecule has 3 rings (SSSR count). The Labute approximate surface area is 126 Å². The van der Waals surface area contributed by atoms with Gasteiger partial charge in [0, 0.05) is 16.3 Å². The highest BCUT2D eigenvalue weighted by Crippen LogP contribution is 2.46. The Morgan fingerprint density at radius 1 is 1.15 bits per heavy atom. The molecule has 2 heterocycles. The molecule has 0 spiro atoms. The maximum Gasteiger partial charge on any atom is 0.160 e. The van der Waals surface area contributed by atoms with Crippen LogP contribution in [0.4, 0.5) is 0 Å². The minimum atomic E-state index is 0.294. The molecular formula is C16H15NOS2. The molecular weight excluding hydrogens is 286 g/mol. The van der Waals surface area contributed by atoms with Crippen molar-refractivity contribution in [2.24, 2.45) is 0 Å². The lowest BCUT2D eigenvalue weighted by molar-refractivity contribution is 0.484. The van der Waals surface area contributed by atoms with Gasteiger partial charge in [-0.1, -0.05) is 44.2 Å². The summed E-state index contributed by atoms with van der Waals surface area (Å²) in [4.78, 5) is 6.42. The Hall–Kier alpha value is -1.52. The predicted octanol–water partition coefficient (Wildman–Crippen LogP) is 5.17. The first kappa shape index (κ1) is 13.5. The Morgan fingerprint density at radius 3 is 2.60 bits per heavy atom. The van der Waals surface area contributed by atoms with Crippen LogP contribution in [0.15, 0.2) is 47.5 Å². The number of aromatic hydroxyl groups is 1. The number of hydrogen-bond acceptors (Lipinski definition) is 4.